The molecular formula is C21H17BrN2O5S. The molecule has 0 spiro atoms. The molecule has 0 saturated heterocycles. The summed E-state index contributed by atoms with van der Waals surface area (Å²) in [5.74, 6) is -1.10. The van der Waals surface area contributed by atoms with Crippen molar-refractivity contribution in [3.05, 3.63) is 79.1 Å². The standard InChI is InChI=1S/C21H17BrN2O5S/c1-3-29-21(26)18-16(13-6-8-15(22)9-7-13)11-30-20(18)23-19(25)14-5-4-12(2)17(10-14)24(27)28/h4-11H,3H2,1-2H3,(H,23,25). The van der Waals surface area contributed by atoms with Gasteiger partial charge >= 0.3 is 5.97 Å². The third kappa shape index (κ3) is 4.58. The molecule has 1 aromatic heterocycles. The molecule has 3 aromatic rings. The van der Waals surface area contributed by atoms with E-state index in [1.165, 1.54) is 29.5 Å². The number of nitrogens with zero attached hydrogens (tertiary/aromatic N) is 1. The number of nitrogens with one attached hydrogen (secondary N) is 1. The van der Waals surface area contributed by atoms with E-state index in [2.05, 4.69) is 21.2 Å². The second kappa shape index (κ2) is 9.19. The molecule has 0 aliphatic carbocycles. The second-order valence-corrected chi connectivity index (χ2v) is 8.09. The fourth-order valence-electron chi connectivity index (χ4n) is 2.82. The lowest BCUT2D eigenvalue weighted by molar-refractivity contribution is -0.385. The lowest BCUT2D eigenvalue weighted by Crippen LogP contribution is -2.15. The van der Waals surface area contributed by atoms with Crippen LogP contribution < -0.4 is 5.32 Å². The van der Waals surface area contributed by atoms with Gasteiger partial charge in [-0.2, -0.15) is 0 Å². The number of benzene rings is 2. The van der Waals surface area contributed by atoms with Crippen LogP contribution in [0.4, 0.5) is 10.7 Å². The maximum Gasteiger partial charge on any atom is 0.341 e. The maximum atomic E-state index is 12.7. The minimum atomic E-state index is -0.554. The molecule has 3 rings (SSSR count). The minimum Gasteiger partial charge on any atom is -0.462 e. The summed E-state index contributed by atoms with van der Waals surface area (Å²) >= 11 is 4.57. The number of nitro benzene ring substituents is 1. The van der Waals surface area contributed by atoms with Gasteiger partial charge in [0.2, 0.25) is 0 Å². The van der Waals surface area contributed by atoms with E-state index in [-0.39, 0.29) is 23.4 Å². The summed E-state index contributed by atoms with van der Waals surface area (Å²) in [6.07, 6.45) is 0. The van der Waals surface area contributed by atoms with Gasteiger partial charge in [-0.05, 0) is 37.6 Å². The van der Waals surface area contributed by atoms with Crippen LogP contribution in [0.3, 0.4) is 0 Å². The number of ether oxygens (including phenoxy) is 1. The van der Waals surface area contributed by atoms with Crippen molar-refractivity contribution >= 4 is 49.8 Å². The number of rotatable bonds is 6. The average molecular weight is 489 g/mol. The van der Waals surface area contributed by atoms with Crippen LogP contribution in [0.2, 0.25) is 0 Å². The summed E-state index contributed by atoms with van der Waals surface area (Å²) in [6, 6.07) is 11.6. The lowest BCUT2D eigenvalue weighted by atomic mass is 10.0. The van der Waals surface area contributed by atoms with Crippen molar-refractivity contribution < 1.29 is 19.2 Å². The number of aryl methyl sites for hydroxylation is 1. The fourth-order valence-corrected chi connectivity index (χ4v) is 4.04. The molecule has 1 heterocycles. The molecule has 0 bridgehead atoms. The van der Waals surface area contributed by atoms with Gasteiger partial charge in [0.15, 0.2) is 0 Å². The molecule has 0 unspecified atom stereocenters. The second-order valence-electron chi connectivity index (χ2n) is 6.29. The third-order valence-electron chi connectivity index (χ3n) is 4.32. The fraction of sp³-hybridized carbons (Fsp3) is 0.143. The Morgan fingerprint density at radius 3 is 2.53 bits per heavy atom. The van der Waals surface area contributed by atoms with E-state index in [1.54, 1.807) is 19.2 Å². The highest BCUT2D eigenvalue weighted by molar-refractivity contribution is 9.10. The maximum absolute atomic E-state index is 12.7. The van der Waals surface area contributed by atoms with E-state index in [4.69, 9.17) is 4.74 Å². The predicted molar refractivity (Wildman–Crippen MR) is 119 cm³/mol. The number of anilines is 1. The number of carbonyl (C=O) groups is 2. The number of thiophene rings is 1. The highest BCUT2D eigenvalue weighted by Crippen LogP contribution is 2.37. The van der Waals surface area contributed by atoms with E-state index in [0.29, 0.717) is 16.1 Å². The Morgan fingerprint density at radius 2 is 1.90 bits per heavy atom. The van der Waals surface area contributed by atoms with E-state index in [0.717, 1.165) is 10.0 Å². The number of carbonyl (C=O) groups excluding carboxylic acids is 2. The normalized spacial score (nSPS) is 10.5. The molecule has 1 N–H and O–H groups in total. The summed E-state index contributed by atoms with van der Waals surface area (Å²) in [5.41, 5.74) is 2.12. The Bertz CT molecular complexity index is 1120. The molecule has 154 valence electrons. The van der Waals surface area contributed by atoms with Crippen molar-refractivity contribution in [3.63, 3.8) is 0 Å². The Labute approximate surface area is 185 Å². The molecule has 0 aliphatic rings. The Hall–Kier alpha value is -3.04. The Balaban J connectivity index is 1.98. The van der Waals surface area contributed by atoms with E-state index >= 15 is 0 Å². The minimum absolute atomic E-state index is 0.126. The molecule has 0 atom stereocenters. The van der Waals surface area contributed by atoms with Crippen molar-refractivity contribution in [1.82, 2.24) is 0 Å². The first-order valence-corrected chi connectivity index (χ1v) is 10.6. The number of amides is 1. The average Bonchev–Trinajstić information content (AvgIpc) is 3.12. The van der Waals surface area contributed by atoms with Gasteiger partial charge in [0, 0.05) is 32.6 Å². The van der Waals surface area contributed by atoms with Crippen molar-refractivity contribution in [1.29, 1.82) is 0 Å². The summed E-state index contributed by atoms with van der Waals surface area (Å²) in [4.78, 5) is 36.0. The summed E-state index contributed by atoms with van der Waals surface area (Å²) in [5, 5.41) is 16.0. The summed E-state index contributed by atoms with van der Waals surface area (Å²) in [7, 11) is 0. The van der Waals surface area contributed by atoms with E-state index < -0.39 is 16.8 Å². The van der Waals surface area contributed by atoms with E-state index in [1.807, 2.05) is 24.3 Å². The quantitative estimate of drug-likeness (QED) is 0.267. The molecular weight excluding hydrogens is 472 g/mol. The van der Waals surface area contributed by atoms with Gasteiger partial charge in [-0.25, -0.2) is 4.79 Å². The zero-order chi connectivity index (χ0) is 21.8. The topological polar surface area (TPSA) is 98.5 Å². The number of halogens is 1. The Morgan fingerprint density at radius 1 is 1.20 bits per heavy atom. The highest BCUT2D eigenvalue weighted by atomic mass is 79.9. The first-order valence-electron chi connectivity index (χ1n) is 8.92. The van der Waals surface area contributed by atoms with Crippen molar-refractivity contribution in [3.8, 4) is 11.1 Å². The smallest absolute Gasteiger partial charge is 0.341 e. The van der Waals surface area contributed by atoms with Crippen LogP contribution in [0.1, 0.15) is 33.2 Å². The van der Waals surface area contributed by atoms with Crippen LogP contribution in [0, 0.1) is 17.0 Å². The largest absolute Gasteiger partial charge is 0.462 e. The zero-order valence-electron chi connectivity index (χ0n) is 16.1. The number of esters is 1. The zero-order valence-corrected chi connectivity index (χ0v) is 18.5. The number of hydrogen-bond acceptors (Lipinski definition) is 6. The SMILES string of the molecule is CCOC(=O)c1c(-c2ccc(Br)cc2)csc1NC(=O)c1ccc(C)c([N+](=O)[O-])c1. The van der Waals surface area contributed by atoms with Crippen LogP contribution in [-0.4, -0.2) is 23.4 Å². The van der Waals surface area contributed by atoms with E-state index in [9.17, 15) is 19.7 Å². The number of nitro groups is 1. The highest BCUT2D eigenvalue weighted by Gasteiger charge is 2.24. The Kier molecular flexibility index (Phi) is 6.63. The summed E-state index contributed by atoms with van der Waals surface area (Å²) < 4.78 is 6.08. The van der Waals surface area contributed by atoms with Crippen LogP contribution >= 0.6 is 27.3 Å². The first-order chi connectivity index (χ1) is 14.3. The van der Waals surface area contributed by atoms with Gasteiger partial charge in [-0.15, -0.1) is 11.3 Å². The molecule has 0 saturated carbocycles. The third-order valence-corrected chi connectivity index (χ3v) is 5.75. The van der Waals surface area contributed by atoms with Gasteiger partial charge in [0.25, 0.3) is 11.6 Å². The summed E-state index contributed by atoms with van der Waals surface area (Å²) in [6.45, 7) is 3.49. The van der Waals surface area contributed by atoms with Gasteiger partial charge in [0.1, 0.15) is 10.6 Å². The monoisotopic (exact) mass is 488 g/mol. The first kappa shape index (κ1) is 21.7. The van der Waals surface area contributed by atoms with Crippen LogP contribution in [0.5, 0.6) is 0 Å². The van der Waals surface area contributed by atoms with Gasteiger partial charge in [-0.3, -0.25) is 14.9 Å². The molecule has 1 amide bonds. The molecule has 0 fully saturated rings. The van der Waals surface area contributed by atoms with Gasteiger partial charge in [0.05, 0.1) is 11.5 Å². The molecule has 0 radical (unpaired) electrons. The molecule has 9 heteroatoms. The van der Waals surface area contributed by atoms with Crippen LogP contribution in [0.25, 0.3) is 11.1 Å². The molecule has 30 heavy (non-hydrogen) atoms. The predicted octanol–water partition coefficient (Wildman–Crippen LogP) is 5.82. The van der Waals surface area contributed by atoms with Crippen molar-refractivity contribution in [2.24, 2.45) is 0 Å². The van der Waals surface area contributed by atoms with Crippen LogP contribution in [-0.2, 0) is 4.74 Å². The lowest BCUT2D eigenvalue weighted by Gasteiger charge is -2.09. The van der Waals surface area contributed by atoms with Crippen LogP contribution in [0.15, 0.2) is 52.3 Å². The van der Waals surface area contributed by atoms with Crippen molar-refractivity contribution in [2.45, 2.75) is 13.8 Å². The molecule has 7 nitrogen and oxygen atoms in total. The van der Waals surface area contributed by atoms with Gasteiger partial charge in [-0.1, -0.05) is 34.1 Å². The van der Waals surface area contributed by atoms with Crippen molar-refractivity contribution in [2.75, 3.05) is 11.9 Å². The molecule has 2 aromatic carbocycles. The molecule has 0 aliphatic heterocycles. The number of hydrogen-bond donors (Lipinski definition) is 1. The van der Waals surface area contributed by atoms with Gasteiger partial charge < -0.3 is 10.1 Å².